The monoisotopic (exact) mass is 361 g/mol. The predicted molar refractivity (Wildman–Crippen MR) is 92.1 cm³/mol. The maximum atomic E-state index is 12.9. The molecule has 2 aliphatic heterocycles. The number of fused-ring (bicyclic) bond motifs is 1. The number of halogens is 2. The fraction of sp³-hybridized carbons (Fsp3) is 0.421. The third-order valence-electron chi connectivity index (χ3n) is 5.15. The molecule has 0 radical (unpaired) electrons. The van der Waals surface area contributed by atoms with Crippen LogP contribution in [0.25, 0.3) is 0 Å². The van der Waals surface area contributed by atoms with E-state index in [4.69, 9.17) is 4.74 Å². The average Bonchev–Trinajstić information content (AvgIpc) is 3.28. The molecule has 0 aliphatic carbocycles. The van der Waals surface area contributed by atoms with Gasteiger partial charge >= 0.3 is 6.55 Å². The van der Waals surface area contributed by atoms with E-state index in [0.29, 0.717) is 17.7 Å². The zero-order chi connectivity index (χ0) is 18.1. The van der Waals surface area contributed by atoms with E-state index >= 15 is 0 Å². The molecule has 2 aromatic rings. The summed E-state index contributed by atoms with van der Waals surface area (Å²) in [5, 5.41) is 2.90. The number of carbonyl (C=O) groups excluding carboxylic acids is 1. The zero-order valence-electron chi connectivity index (χ0n) is 14.2. The predicted octanol–water partition coefficient (Wildman–Crippen LogP) is 2.83. The molecule has 26 heavy (non-hydrogen) atoms. The Labute approximate surface area is 150 Å². The second-order valence-corrected chi connectivity index (χ2v) is 6.82. The number of hydrogen-bond donors (Lipinski definition) is 1. The minimum atomic E-state index is -2.72. The van der Waals surface area contributed by atoms with Gasteiger partial charge in [-0.25, -0.2) is 0 Å². The van der Waals surface area contributed by atoms with Crippen molar-refractivity contribution in [2.45, 2.75) is 31.2 Å². The van der Waals surface area contributed by atoms with Gasteiger partial charge in [-0.15, -0.1) is 0 Å². The van der Waals surface area contributed by atoms with E-state index in [1.165, 1.54) is 18.3 Å². The number of hydrogen-bond acceptors (Lipinski definition) is 3. The number of nitrogens with zero attached hydrogens (tertiary/aromatic N) is 2. The summed E-state index contributed by atoms with van der Waals surface area (Å²) >= 11 is 0. The largest absolute Gasteiger partial charge is 0.371 e. The number of rotatable bonds is 4. The molecule has 1 N–H and O–H groups in total. The van der Waals surface area contributed by atoms with E-state index in [0.717, 1.165) is 18.5 Å². The molecule has 4 rings (SSSR count). The van der Waals surface area contributed by atoms with Gasteiger partial charge in [-0.3, -0.25) is 14.3 Å². The summed E-state index contributed by atoms with van der Waals surface area (Å²) in [6.45, 7) is -0.632. The quantitative estimate of drug-likeness (QED) is 0.911. The lowest BCUT2D eigenvalue weighted by Crippen LogP contribution is -2.43. The summed E-state index contributed by atoms with van der Waals surface area (Å²) in [5.41, 5.74) is 1.14. The number of morpholine rings is 1. The van der Waals surface area contributed by atoms with Gasteiger partial charge < -0.3 is 10.1 Å². The molecule has 7 heteroatoms. The van der Waals surface area contributed by atoms with Crippen LogP contribution in [0.15, 0.2) is 48.7 Å². The van der Waals surface area contributed by atoms with Gasteiger partial charge in [0.15, 0.2) is 0 Å². The molecule has 0 unspecified atom stereocenters. The van der Waals surface area contributed by atoms with Crippen molar-refractivity contribution in [1.29, 1.82) is 0 Å². The summed E-state index contributed by atoms with van der Waals surface area (Å²) in [6.07, 6.45) is 2.01. The van der Waals surface area contributed by atoms with Gasteiger partial charge in [-0.05, 0) is 24.1 Å². The molecule has 2 fully saturated rings. The second kappa shape index (κ2) is 7.17. The van der Waals surface area contributed by atoms with Crippen molar-refractivity contribution >= 4 is 5.91 Å². The standard InChI is InChI=1S/C19H21F2N3O2/c20-19(21)24-8-4-7-16(24)18(25)22-14-9-15-12-26-17(11-23(15)10-14)13-5-2-1-3-6-13/h1-8,14-15,17,19H,9-12H2,(H,22,25)/t14-,15-,17+/m0/s1. The fourth-order valence-electron chi connectivity index (χ4n) is 3.86. The Hall–Kier alpha value is -2.25. The van der Waals surface area contributed by atoms with Crippen molar-refractivity contribution in [3.63, 3.8) is 0 Å². The molecule has 1 aromatic carbocycles. The van der Waals surface area contributed by atoms with Crippen LogP contribution in [0.4, 0.5) is 8.78 Å². The fourth-order valence-corrected chi connectivity index (χ4v) is 3.86. The number of ether oxygens (including phenoxy) is 1. The van der Waals surface area contributed by atoms with Gasteiger partial charge in [0.2, 0.25) is 0 Å². The van der Waals surface area contributed by atoms with Crippen molar-refractivity contribution in [2.75, 3.05) is 19.7 Å². The first-order valence-corrected chi connectivity index (χ1v) is 8.78. The number of amides is 1. The van der Waals surface area contributed by atoms with Crippen molar-refractivity contribution in [1.82, 2.24) is 14.8 Å². The van der Waals surface area contributed by atoms with E-state index in [2.05, 4.69) is 22.3 Å². The van der Waals surface area contributed by atoms with Gasteiger partial charge in [-0.2, -0.15) is 8.78 Å². The summed E-state index contributed by atoms with van der Waals surface area (Å²) in [6, 6.07) is 13.1. The first kappa shape index (κ1) is 17.2. The molecular weight excluding hydrogens is 340 g/mol. The lowest BCUT2D eigenvalue weighted by Gasteiger charge is -2.35. The van der Waals surface area contributed by atoms with Crippen molar-refractivity contribution in [3.8, 4) is 0 Å². The highest BCUT2D eigenvalue weighted by atomic mass is 19.3. The van der Waals surface area contributed by atoms with E-state index in [9.17, 15) is 13.6 Å². The minimum Gasteiger partial charge on any atom is -0.371 e. The van der Waals surface area contributed by atoms with Gasteiger partial charge in [0, 0.05) is 31.4 Å². The Kier molecular flexibility index (Phi) is 4.74. The minimum absolute atomic E-state index is 0.0108. The van der Waals surface area contributed by atoms with E-state index in [-0.39, 0.29) is 23.9 Å². The molecule has 0 saturated carbocycles. The topological polar surface area (TPSA) is 46.5 Å². The maximum Gasteiger partial charge on any atom is 0.319 e. The molecule has 3 heterocycles. The molecule has 2 saturated heterocycles. The first-order chi connectivity index (χ1) is 12.6. The normalized spacial score (nSPS) is 26.0. The number of nitrogens with one attached hydrogen (secondary N) is 1. The van der Waals surface area contributed by atoms with Crippen LogP contribution in [0.3, 0.4) is 0 Å². The summed E-state index contributed by atoms with van der Waals surface area (Å²) in [5.74, 6) is -0.458. The van der Waals surface area contributed by atoms with Crippen molar-refractivity contribution < 1.29 is 18.3 Å². The highest BCUT2D eigenvalue weighted by Crippen LogP contribution is 2.30. The highest BCUT2D eigenvalue weighted by molar-refractivity contribution is 5.93. The van der Waals surface area contributed by atoms with Gasteiger partial charge in [0.25, 0.3) is 5.91 Å². The SMILES string of the molecule is O=C(N[C@H]1C[C@H]2CO[C@@H](c3ccccc3)CN2C1)c1cccn1C(F)F. The van der Waals surface area contributed by atoms with E-state index in [1.807, 2.05) is 18.2 Å². The molecule has 1 aromatic heterocycles. The molecule has 1 amide bonds. The second-order valence-electron chi connectivity index (χ2n) is 6.82. The van der Waals surface area contributed by atoms with E-state index in [1.54, 1.807) is 0 Å². The first-order valence-electron chi connectivity index (χ1n) is 8.78. The maximum absolute atomic E-state index is 12.9. The zero-order valence-corrected chi connectivity index (χ0v) is 14.2. The van der Waals surface area contributed by atoms with Crippen LogP contribution in [-0.2, 0) is 4.74 Å². The lowest BCUT2D eigenvalue weighted by atomic mass is 10.1. The van der Waals surface area contributed by atoms with Crippen LogP contribution in [0.2, 0.25) is 0 Å². The molecule has 138 valence electrons. The van der Waals surface area contributed by atoms with Crippen LogP contribution in [0.5, 0.6) is 0 Å². The van der Waals surface area contributed by atoms with Crippen LogP contribution >= 0.6 is 0 Å². The number of benzene rings is 1. The molecule has 0 spiro atoms. The smallest absolute Gasteiger partial charge is 0.319 e. The van der Waals surface area contributed by atoms with Crippen LogP contribution < -0.4 is 5.32 Å². The van der Waals surface area contributed by atoms with Crippen molar-refractivity contribution in [2.24, 2.45) is 0 Å². The van der Waals surface area contributed by atoms with Gasteiger partial charge in [0.05, 0.1) is 12.7 Å². The summed E-state index contributed by atoms with van der Waals surface area (Å²) in [4.78, 5) is 14.7. The third kappa shape index (κ3) is 3.37. The number of carbonyl (C=O) groups is 1. The highest BCUT2D eigenvalue weighted by Gasteiger charge is 2.38. The van der Waals surface area contributed by atoms with Crippen LogP contribution in [-0.4, -0.2) is 47.2 Å². The molecule has 3 atom stereocenters. The Bertz CT molecular complexity index is 765. The van der Waals surface area contributed by atoms with Crippen LogP contribution in [0, 0.1) is 0 Å². The molecule has 2 aliphatic rings. The van der Waals surface area contributed by atoms with E-state index < -0.39 is 12.5 Å². The van der Waals surface area contributed by atoms with Crippen molar-refractivity contribution in [3.05, 3.63) is 59.9 Å². The Morgan fingerprint density at radius 1 is 1.15 bits per heavy atom. The average molecular weight is 361 g/mol. The molecule has 0 bridgehead atoms. The third-order valence-corrected chi connectivity index (χ3v) is 5.15. The Morgan fingerprint density at radius 3 is 2.73 bits per heavy atom. The summed E-state index contributed by atoms with van der Waals surface area (Å²) in [7, 11) is 0. The molecule has 5 nitrogen and oxygen atoms in total. The molecular formula is C19H21F2N3O2. The van der Waals surface area contributed by atoms with Gasteiger partial charge in [-0.1, -0.05) is 30.3 Å². The lowest BCUT2D eigenvalue weighted by molar-refractivity contribution is -0.0502. The Balaban J connectivity index is 1.38. The number of alkyl halides is 2. The Morgan fingerprint density at radius 2 is 1.96 bits per heavy atom. The van der Waals surface area contributed by atoms with Crippen LogP contribution in [0.1, 0.15) is 35.1 Å². The summed E-state index contributed by atoms with van der Waals surface area (Å²) < 4.78 is 32.6. The number of aromatic nitrogens is 1. The van der Waals surface area contributed by atoms with Gasteiger partial charge in [0.1, 0.15) is 5.69 Å².